The maximum absolute atomic E-state index is 5.52. The largest absolute Gasteiger partial charge is 0.334 e. The Labute approximate surface area is 124 Å². The van der Waals surface area contributed by atoms with Gasteiger partial charge in [-0.15, -0.1) is 0 Å². The Morgan fingerprint density at radius 2 is 1.81 bits per heavy atom. The van der Waals surface area contributed by atoms with E-state index in [1.165, 1.54) is 49.7 Å². The summed E-state index contributed by atoms with van der Waals surface area (Å²) in [5.74, 6) is 2.07. The SMILES string of the molecule is c1cc2c(cc1-c1nc(C3CCCCCC3)no1)CNC2. The molecular formula is C17H21N3O. The molecule has 0 amide bonds. The van der Waals surface area contributed by atoms with Crippen molar-refractivity contribution in [2.45, 2.75) is 57.5 Å². The van der Waals surface area contributed by atoms with E-state index in [0.29, 0.717) is 11.8 Å². The fraction of sp³-hybridized carbons (Fsp3) is 0.529. The molecule has 1 fully saturated rings. The van der Waals surface area contributed by atoms with Crippen LogP contribution in [-0.2, 0) is 13.1 Å². The third-order valence-electron chi connectivity index (χ3n) is 4.75. The second-order valence-corrected chi connectivity index (χ2v) is 6.23. The Balaban J connectivity index is 1.59. The van der Waals surface area contributed by atoms with E-state index < -0.39 is 0 Å². The van der Waals surface area contributed by atoms with Crippen molar-refractivity contribution in [2.24, 2.45) is 0 Å². The first-order valence-corrected chi connectivity index (χ1v) is 8.06. The van der Waals surface area contributed by atoms with Crippen molar-refractivity contribution in [3.05, 3.63) is 35.2 Å². The highest BCUT2D eigenvalue weighted by Crippen LogP contribution is 2.31. The third kappa shape index (κ3) is 2.60. The number of nitrogens with zero attached hydrogens (tertiary/aromatic N) is 2. The van der Waals surface area contributed by atoms with Gasteiger partial charge in [0, 0.05) is 24.6 Å². The molecule has 2 aromatic rings. The summed E-state index contributed by atoms with van der Waals surface area (Å²) in [4.78, 5) is 4.67. The minimum absolute atomic E-state index is 0.487. The van der Waals surface area contributed by atoms with Crippen LogP contribution in [0.15, 0.2) is 22.7 Å². The number of hydrogen-bond acceptors (Lipinski definition) is 4. The predicted octanol–water partition coefficient (Wildman–Crippen LogP) is 3.78. The second-order valence-electron chi connectivity index (χ2n) is 6.23. The monoisotopic (exact) mass is 283 g/mol. The van der Waals surface area contributed by atoms with Gasteiger partial charge in [-0.1, -0.05) is 36.9 Å². The molecule has 0 radical (unpaired) electrons. The zero-order valence-electron chi connectivity index (χ0n) is 12.3. The van der Waals surface area contributed by atoms with Crippen LogP contribution in [0.3, 0.4) is 0 Å². The van der Waals surface area contributed by atoms with Crippen molar-refractivity contribution >= 4 is 0 Å². The summed E-state index contributed by atoms with van der Waals surface area (Å²) in [7, 11) is 0. The van der Waals surface area contributed by atoms with Crippen LogP contribution in [0.5, 0.6) is 0 Å². The van der Waals surface area contributed by atoms with Crippen molar-refractivity contribution < 1.29 is 4.52 Å². The lowest BCUT2D eigenvalue weighted by Crippen LogP contribution is -1.99. The van der Waals surface area contributed by atoms with Crippen LogP contribution in [-0.4, -0.2) is 10.1 Å². The Bertz CT molecular complexity index is 627. The standard InChI is InChI=1S/C17H21N3O/c1-2-4-6-12(5-3-1)16-19-17(21-20-16)13-7-8-14-10-18-11-15(14)9-13/h7-9,12,18H,1-6,10-11H2. The van der Waals surface area contributed by atoms with Gasteiger partial charge in [0.15, 0.2) is 5.82 Å². The fourth-order valence-electron chi connectivity index (χ4n) is 3.48. The highest BCUT2D eigenvalue weighted by molar-refractivity contribution is 5.56. The molecular weight excluding hydrogens is 262 g/mol. The number of hydrogen-bond donors (Lipinski definition) is 1. The minimum atomic E-state index is 0.487. The van der Waals surface area contributed by atoms with Gasteiger partial charge >= 0.3 is 0 Å². The van der Waals surface area contributed by atoms with Gasteiger partial charge in [0.1, 0.15) is 0 Å². The molecule has 4 nitrogen and oxygen atoms in total. The van der Waals surface area contributed by atoms with Crippen LogP contribution in [0.4, 0.5) is 0 Å². The number of fused-ring (bicyclic) bond motifs is 1. The molecule has 0 bridgehead atoms. The molecule has 0 atom stereocenters. The van der Waals surface area contributed by atoms with Gasteiger partial charge < -0.3 is 9.84 Å². The van der Waals surface area contributed by atoms with Crippen LogP contribution in [0.25, 0.3) is 11.5 Å². The maximum atomic E-state index is 5.52. The van der Waals surface area contributed by atoms with Gasteiger partial charge in [-0.2, -0.15) is 4.98 Å². The summed E-state index contributed by atoms with van der Waals surface area (Å²) in [6, 6.07) is 6.44. The second kappa shape index (κ2) is 5.60. The van der Waals surface area contributed by atoms with Crippen LogP contribution >= 0.6 is 0 Å². The van der Waals surface area contributed by atoms with Crippen LogP contribution in [0.2, 0.25) is 0 Å². The molecule has 0 unspecified atom stereocenters. The zero-order chi connectivity index (χ0) is 14.1. The molecule has 1 aromatic carbocycles. The first-order valence-electron chi connectivity index (χ1n) is 8.06. The number of benzene rings is 1. The molecule has 1 aliphatic carbocycles. The molecule has 0 spiro atoms. The lowest BCUT2D eigenvalue weighted by molar-refractivity contribution is 0.410. The Morgan fingerprint density at radius 1 is 1.00 bits per heavy atom. The summed E-state index contributed by atoms with van der Waals surface area (Å²) in [6.07, 6.45) is 7.68. The predicted molar refractivity (Wildman–Crippen MR) is 80.7 cm³/mol. The van der Waals surface area contributed by atoms with E-state index in [0.717, 1.165) is 24.5 Å². The van der Waals surface area contributed by atoms with E-state index in [1.807, 2.05) is 0 Å². The van der Waals surface area contributed by atoms with E-state index >= 15 is 0 Å². The molecule has 1 aliphatic heterocycles. The lowest BCUT2D eigenvalue weighted by Gasteiger charge is -2.07. The van der Waals surface area contributed by atoms with Crippen molar-refractivity contribution in [1.82, 2.24) is 15.5 Å². The van der Waals surface area contributed by atoms with E-state index in [9.17, 15) is 0 Å². The summed E-state index contributed by atoms with van der Waals surface area (Å²) in [6.45, 7) is 1.90. The zero-order valence-corrected chi connectivity index (χ0v) is 12.3. The van der Waals surface area contributed by atoms with E-state index in [-0.39, 0.29) is 0 Å². The van der Waals surface area contributed by atoms with Gasteiger partial charge in [-0.3, -0.25) is 0 Å². The number of nitrogens with one attached hydrogen (secondary N) is 1. The molecule has 0 saturated heterocycles. The molecule has 2 heterocycles. The first kappa shape index (κ1) is 13.0. The Kier molecular flexibility index (Phi) is 3.47. The van der Waals surface area contributed by atoms with Gasteiger partial charge in [0.05, 0.1) is 0 Å². The van der Waals surface area contributed by atoms with Gasteiger partial charge in [0.25, 0.3) is 5.89 Å². The molecule has 21 heavy (non-hydrogen) atoms. The highest BCUT2D eigenvalue weighted by atomic mass is 16.5. The summed E-state index contributed by atoms with van der Waals surface area (Å²) >= 11 is 0. The summed E-state index contributed by atoms with van der Waals surface area (Å²) < 4.78 is 5.52. The third-order valence-corrected chi connectivity index (χ3v) is 4.75. The Morgan fingerprint density at radius 3 is 2.67 bits per heavy atom. The average molecular weight is 283 g/mol. The maximum Gasteiger partial charge on any atom is 0.257 e. The van der Waals surface area contributed by atoms with Gasteiger partial charge in [-0.05, 0) is 36.1 Å². The topological polar surface area (TPSA) is 51.0 Å². The van der Waals surface area contributed by atoms with Gasteiger partial charge in [0.2, 0.25) is 0 Å². The fourth-order valence-corrected chi connectivity index (χ4v) is 3.48. The first-order chi connectivity index (χ1) is 10.4. The lowest BCUT2D eigenvalue weighted by atomic mass is 10.00. The Hall–Kier alpha value is -1.68. The molecule has 4 rings (SSSR count). The smallest absolute Gasteiger partial charge is 0.257 e. The van der Waals surface area contributed by atoms with E-state index in [1.54, 1.807) is 0 Å². The van der Waals surface area contributed by atoms with Crippen molar-refractivity contribution in [2.75, 3.05) is 0 Å². The molecule has 4 heteroatoms. The van der Waals surface area contributed by atoms with E-state index in [2.05, 4.69) is 33.7 Å². The average Bonchev–Trinajstić information content (AvgIpc) is 3.10. The van der Waals surface area contributed by atoms with Crippen LogP contribution in [0, 0.1) is 0 Å². The van der Waals surface area contributed by atoms with Crippen molar-refractivity contribution in [3.63, 3.8) is 0 Å². The van der Waals surface area contributed by atoms with Crippen molar-refractivity contribution in [3.8, 4) is 11.5 Å². The molecule has 1 aromatic heterocycles. The highest BCUT2D eigenvalue weighted by Gasteiger charge is 2.21. The molecule has 1 saturated carbocycles. The number of rotatable bonds is 2. The molecule has 2 aliphatic rings. The molecule has 1 N–H and O–H groups in total. The van der Waals surface area contributed by atoms with Crippen LogP contribution in [0.1, 0.15) is 61.4 Å². The van der Waals surface area contributed by atoms with E-state index in [4.69, 9.17) is 4.52 Å². The minimum Gasteiger partial charge on any atom is -0.334 e. The van der Waals surface area contributed by atoms with Crippen molar-refractivity contribution in [1.29, 1.82) is 0 Å². The summed E-state index contributed by atoms with van der Waals surface area (Å²) in [5, 5.41) is 7.61. The summed E-state index contributed by atoms with van der Waals surface area (Å²) in [5.41, 5.74) is 3.77. The quantitative estimate of drug-likeness (QED) is 0.852. The number of aromatic nitrogens is 2. The van der Waals surface area contributed by atoms with Gasteiger partial charge in [-0.25, -0.2) is 0 Å². The normalized spacial score (nSPS) is 19.4. The van der Waals surface area contributed by atoms with Crippen LogP contribution < -0.4 is 5.32 Å². The molecule has 110 valence electrons.